The summed E-state index contributed by atoms with van der Waals surface area (Å²) in [5.41, 5.74) is 1.10. The molecule has 1 aromatic rings. The van der Waals surface area contributed by atoms with Crippen LogP contribution in [-0.4, -0.2) is 40.4 Å². The summed E-state index contributed by atoms with van der Waals surface area (Å²) in [5.74, 6) is 0.761. The molecule has 1 atom stereocenters. The largest absolute Gasteiger partial charge is 0.366 e. The minimum atomic E-state index is -0.357. The maximum absolute atomic E-state index is 12.8. The van der Waals surface area contributed by atoms with Crippen LogP contribution in [-0.2, 0) is 4.74 Å². The van der Waals surface area contributed by atoms with Crippen LogP contribution in [0.4, 0.5) is 4.79 Å². The summed E-state index contributed by atoms with van der Waals surface area (Å²) in [6.45, 7) is 15.0. The summed E-state index contributed by atoms with van der Waals surface area (Å²) in [6.07, 6.45) is 0.783. The monoisotopic (exact) mass is 323 g/mol. The predicted octanol–water partition coefficient (Wildman–Crippen LogP) is 3.34. The number of ether oxygens (including phenoxy) is 1. The van der Waals surface area contributed by atoms with Crippen LogP contribution in [0.1, 0.15) is 64.1 Å². The van der Waals surface area contributed by atoms with Crippen LogP contribution in [0.3, 0.4) is 0 Å². The molecule has 1 aromatic heterocycles. The molecule has 1 N–H and O–H groups in total. The lowest BCUT2D eigenvalue weighted by atomic mass is 9.99. The molecule has 23 heavy (non-hydrogen) atoms. The van der Waals surface area contributed by atoms with E-state index in [1.54, 1.807) is 0 Å². The molecule has 1 aliphatic heterocycles. The molecule has 1 fully saturated rings. The number of carbonyl (C=O) groups is 1. The van der Waals surface area contributed by atoms with Crippen LogP contribution in [0.15, 0.2) is 4.52 Å². The van der Waals surface area contributed by atoms with Crippen molar-refractivity contribution >= 4 is 6.03 Å². The standard InChI is InChI=1S/C17H29N3O3/c1-8-13(14-11(2)19-22-12(14)3)18-15(21)20-9-16(4,5)23-17(6,7)10-20/h13H,8-10H2,1-7H3,(H,18,21). The van der Waals surface area contributed by atoms with Gasteiger partial charge in [-0.1, -0.05) is 12.1 Å². The van der Waals surface area contributed by atoms with Crippen LogP contribution < -0.4 is 5.32 Å². The molecule has 1 aliphatic rings. The van der Waals surface area contributed by atoms with Crippen molar-refractivity contribution in [3.63, 3.8) is 0 Å². The van der Waals surface area contributed by atoms with Crippen molar-refractivity contribution < 1.29 is 14.1 Å². The van der Waals surface area contributed by atoms with E-state index in [0.29, 0.717) is 13.1 Å². The Labute approximate surface area is 138 Å². The molecule has 0 aliphatic carbocycles. The Bertz CT molecular complexity index is 542. The van der Waals surface area contributed by atoms with Crippen molar-refractivity contribution in [2.75, 3.05) is 13.1 Å². The number of carbonyl (C=O) groups excluding carboxylic acids is 1. The first-order valence-corrected chi connectivity index (χ1v) is 8.23. The van der Waals surface area contributed by atoms with E-state index in [-0.39, 0.29) is 23.3 Å². The molecular formula is C17H29N3O3. The Morgan fingerprint density at radius 2 is 1.83 bits per heavy atom. The van der Waals surface area contributed by atoms with E-state index in [1.165, 1.54) is 0 Å². The summed E-state index contributed by atoms with van der Waals surface area (Å²) in [5, 5.41) is 7.12. The first kappa shape index (κ1) is 17.8. The van der Waals surface area contributed by atoms with Gasteiger partial charge in [0.15, 0.2) is 0 Å². The molecule has 0 radical (unpaired) electrons. The van der Waals surface area contributed by atoms with Gasteiger partial charge in [-0.3, -0.25) is 0 Å². The number of amides is 2. The van der Waals surface area contributed by atoms with E-state index in [4.69, 9.17) is 9.26 Å². The van der Waals surface area contributed by atoms with E-state index in [9.17, 15) is 4.79 Å². The summed E-state index contributed by atoms with van der Waals surface area (Å²) in [4.78, 5) is 14.6. The smallest absolute Gasteiger partial charge is 0.318 e. The Kier molecular flexibility index (Phi) is 4.76. The highest BCUT2D eigenvalue weighted by Crippen LogP contribution is 2.29. The van der Waals surface area contributed by atoms with Crippen molar-refractivity contribution in [1.29, 1.82) is 0 Å². The highest BCUT2D eigenvalue weighted by molar-refractivity contribution is 5.75. The maximum Gasteiger partial charge on any atom is 0.318 e. The third-order valence-electron chi connectivity index (χ3n) is 4.13. The molecule has 1 saturated heterocycles. The Hall–Kier alpha value is -1.56. The molecule has 1 unspecified atom stereocenters. The van der Waals surface area contributed by atoms with Crippen LogP contribution >= 0.6 is 0 Å². The SMILES string of the molecule is CCC(NC(=O)N1CC(C)(C)OC(C)(C)C1)c1c(C)noc1C. The zero-order valence-corrected chi connectivity index (χ0v) is 15.3. The first-order chi connectivity index (χ1) is 10.5. The van der Waals surface area contributed by atoms with Gasteiger partial charge in [-0.15, -0.1) is 0 Å². The van der Waals surface area contributed by atoms with Crippen molar-refractivity contribution in [2.24, 2.45) is 0 Å². The number of morpholine rings is 1. The van der Waals surface area contributed by atoms with E-state index in [0.717, 1.165) is 23.4 Å². The number of hydrogen-bond donors (Lipinski definition) is 1. The van der Waals surface area contributed by atoms with Gasteiger partial charge in [0.25, 0.3) is 0 Å². The molecule has 0 bridgehead atoms. The molecule has 0 aromatic carbocycles. The van der Waals surface area contributed by atoms with Gasteiger partial charge < -0.3 is 19.5 Å². The predicted molar refractivity (Wildman–Crippen MR) is 88.4 cm³/mol. The minimum Gasteiger partial charge on any atom is -0.366 e. The number of nitrogens with one attached hydrogen (secondary N) is 1. The zero-order valence-electron chi connectivity index (χ0n) is 15.3. The fraction of sp³-hybridized carbons (Fsp3) is 0.765. The Morgan fingerprint density at radius 1 is 1.26 bits per heavy atom. The van der Waals surface area contributed by atoms with Gasteiger partial charge in [-0.05, 0) is 48.0 Å². The van der Waals surface area contributed by atoms with Crippen molar-refractivity contribution in [3.05, 3.63) is 17.0 Å². The Morgan fingerprint density at radius 3 is 2.26 bits per heavy atom. The number of urea groups is 1. The van der Waals surface area contributed by atoms with Gasteiger partial charge in [-0.2, -0.15) is 0 Å². The number of rotatable bonds is 3. The molecule has 0 saturated carbocycles. The van der Waals surface area contributed by atoms with E-state index >= 15 is 0 Å². The zero-order chi connectivity index (χ0) is 17.4. The van der Waals surface area contributed by atoms with Crippen LogP contribution in [0, 0.1) is 13.8 Å². The quantitative estimate of drug-likeness (QED) is 0.926. The molecule has 6 nitrogen and oxygen atoms in total. The summed E-state index contributed by atoms with van der Waals surface area (Å²) < 4.78 is 11.3. The van der Waals surface area contributed by atoms with Gasteiger partial charge in [0.2, 0.25) is 0 Å². The topological polar surface area (TPSA) is 67.6 Å². The highest BCUT2D eigenvalue weighted by Gasteiger charge is 2.40. The maximum atomic E-state index is 12.8. The molecule has 2 amide bonds. The van der Waals surface area contributed by atoms with Gasteiger partial charge in [-0.25, -0.2) is 4.79 Å². The first-order valence-electron chi connectivity index (χ1n) is 8.23. The normalized spacial score (nSPS) is 21.1. The number of aromatic nitrogens is 1. The van der Waals surface area contributed by atoms with Crippen LogP contribution in [0.2, 0.25) is 0 Å². The number of aryl methyl sites for hydroxylation is 2. The second-order valence-corrected chi connectivity index (χ2v) is 7.63. The second-order valence-electron chi connectivity index (χ2n) is 7.63. The van der Waals surface area contributed by atoms with Gasteiger partial charge in [0, 0.05) is 5.56 Å². The Balaban J connectivity index is 2.14. The van der Waals surface area contributed by atoms with Crippen LogP contribution in [0.25, 0.3) is 0 Å². The summed E-state index contributed by atoms with van der Waals surface area (Å²) in [7, 11) is 0. The average Bonchev–Trinajstić information content (AvgIpc) is 2.72. The third kappa shape index (κ3) is 4.05. The molecular weight excluding hydrogens is 294 g/mol. The lowest BCUT2D eigenvalue weighted by Gasteiger charge is -2.47. The van der Waals surface area contributed by atoms with Gasteiger partial charge >= 0.3 is 6.03 Å². The fourth-order valence-corrected chi connectivity index (χ4v) is 3.54. The van der Waals surface area contributed by atoms with E-state index < -0.39 is 0 Å². The minimum absolute atomic E-state index is 0.0682. The lowest BCUT2D eigenvalue weighted by Crippen LogP contribution is -2.60. The van der Waals surface area contributed by atoms with Crippen molar-refractivity contribution in [2.45, 2.75) is 72.1 Å². The fourth-order valence-electron chi connectivity index (χ4n) is 3.54. The van der Waals surface area contributed by atoms with Crippen molar-refractivity contribution in [3.8, 4) is 0 Å². The van der Waals surface area contributed by atoms with E-state index in [1.807, 2.05) is 53.4 Å². The number of nitrogens with zero attached hydrogens (tertiary/aromatic N) is 2. The van der Waals surface area contributed by atoms with Crippen LogP contribution in [0.5, 0.6) is 0 Å². The molecule has 130 valence electrons. The lowest BCUT2D eigenvalue weighted by molar-refractivity contribution is -0.170. The molecule has 0 spiro atoms. The molecule has 2 rings (SSSR count). The molecule has 6 heteroatoms. The summed E-state index contributed by atoms with van der Waals surface area (Å²) in [6, 6.07) is -0.163. The van der Waals surface area contributed by atoms with Gasteiger partial charge in [0.05, 0.1) is 36.0 Å². The summed E-state index contributed by atoms with van der Waals surface area (Å²) >= 11 is 0. The second kappa shape index (κ2) is 6.15. The third-order valence-corrected chi connectivity index (χ3v) is 4.13. The van der Waals surface area contributed by atoms with Gasteiger partial charge in [0.1, 0.15) is 5.76 Å². The van der Waals surface area contributed by atoms with Crippen molar-refractivity contribution in [1.82, 2.24) is 15.4 Å². The average molecular weight is 323 g/mol. The molecule has 2 heterocycles. The number of hydrogen-bond acceptors (Lipinski definition) is 4. The van der Waals surface area contributed by atoms with E-state index in [2.05, 4.69) is 10.5 Å². The highest BCUT2D eigenvalue weighted by atomic mass is 16.5.